The standard InChI is InChI=1S/C17H17ClF2N2O3S/c1-10(2)16(17(23)21-11-7-8-13(19)12(18)9-11)22-26(24,25)15-6-4-3-5-14(15)20/h3-10,16,22H,1-2H3,(H,21,23). The van der Waals surface area contributed by atoms with Gasteiger partial charge in [0.1, 0.15) is 22.6 Å². The van der Waals surface area contributed by atoms with E-state index in [1.807, 2.05) is 0 Å². The quantitative estimate of drug-likeness (QED) is 0.775. The van der Waals surface area contributed by atoms with Crippen LogP contribution in [0.2, 0.25) is 5.02 Å². The largest absolute Gasteiger partial charge is 0.325 e. The van der Waals surface area contributed by atoms with E-state index in [2.05, 4.69) is 10.0 Å². The van der Waals surface area contributed by atoms with Crippen LogP contribution in [0.25, 0.3) is 0 Å². The molecule has 0 aliphatic carbocycles. The Morgan fingerprint density at radius 1 is 1.08 bits per heavy atom. The molecule has 140 valence electrons. The third-order valence-corrected chi connectivity index (χ3v) is 5.31. The van der Waals surface area contributed by atoms with E-state index in [4.69, 9.17) is 11.6 Å². The lowest BCUT2D eigenvalue weighted by Gasteiger charge is -2.22. The average molecular weight is 403 g/mol. The fourth-order valence-electron chi connectivity index (χ4n) is 2.18. The number of hydrogen-bond acceptors (Lipinski definition) is 3. The molecule has 26 heavy (non-hydrogen) atoms. The molecule has 1 amide bonds. The number of rotatable bonds is 6. The molecular weight excluding hydrogens is 386 g/mol. The molecule has 9 heteroatoms. The van der Waals surface area contributed by atoms with Crippen LogP contribution in [0.4, 0.5) is 14.5 Å². The molecule has 5 nitrogen and oxygen atoms in total. The fourth-order valence-corrected chi connectivity index (χ4v) is 3.78. The van der Waals surface area contributed by atoms with Gasteiger partial charge in [0.15, 0.2) is 0 Å². The Morgan fingerprint density at radius 3 is 2.31 bits per heavy atom. The lowest BCUT2D eigenvalue weighted by molar-refractivity contribution is -0.118. The van der Waals surface area contributed by atoms with Gasteiger partial charge in [0.2, 0.25) is 15.9 Å². The van der Waals surface area contributed by atoms with Crippen LogP contribution in [0.3, 0.4) is 0 Å². The molecule has 2 aromatic carbocycles. The molecule has 0 aliphatic rings. The molecule has 0 aliphatic heterocycles. The van der Waals surface area contributed by atoms with E-state index >= 15 is 0 Å². The molecule has 1 unspecified atom stereocenters. The minimum atomic E-state index is -4.26. The molecule has 0 bridgehead atoms. The Hall–Kier alpha value is -2.03. The van der Waals surface area contributed by atoms with Gasteiger partial charge in [-0.05, 0) is 36.2 Å². The van der Waals surface area contributed by atoms with E-state index in [9.17, 15) is 22.0 Å². The van der Waals surface area contributed by atoms with E-state index in [0.29, 0.717) is 0 Å². The van der Waals surface area contributed by atoms with E-state index in [1.54, 1.807) is 13.8 Å². The Labute approximate surface area is 155 Å². The predicted octanol–water partition coefficient (Wildman–Crippen LogP) is 3.56. The third kappa shape index (κ3) is 4.78. The molecule has 0 radical (unpaired) electrons. The first-order valence-corrected chi connectivity index (χ1v) is 9.50. The van der Waals surface area contributed by atoms with Crippen molar-refractivity contribution in [3.63, 3.8) is 0 Å². The zero-order chi connectivity index (χ0) is 19.5. The van der Waals surface area contributed by atoms with E-state index in [1.165, 1.54) is 24.3 Å². The fraction of sp³-hybridized carbons (Fsp3) is 0.235. The highest BCUT2D eigenvalue weighted by molar-refractivity contribution is 7.89. The number of carbonyl (C=O) groups excluding carboxylic acids is 1. The minimum absolute atomic E-state index is 0.184. The van der Waals surface area contributed by atoms with Crippen molar-refractivity contribution in [2.45, 2.75) is 24.8 Å². The second-order valence-corrected chi connectivity index (χ2v) is 7.98. The first kappa shape index (κ1) is 20.3. The summed E-state index contributed by atoms with van der Waals surface area (Å²) in [5, 5.41) is 2.28. The molecule has 2 aromatic rings. The number of anilines is 1. The molecular formula is C17H17ClF2N2O3S. The van der Waals surface area contributed by atoms with Gasteiger partial charge in [0.05, 0.1) is 5.02 Å². The van der Waals surface area contributed by atoms with Gasteiger partial charge in [-0.2, -0.15) is 4.72 Å². The van der Waals surface area contributed by atoms with Crippen molar-refractivity contribution in [3.05, 3.63) is 59.1 Å². The number of sulfonamides is 1. The zero-order valence-corrected chi connectivity index (χ0v) is 15.5. The molecule has 0 fully saturated rings. The molecule has 1 atom stereocenters. The maximum atomic E-state index is 13.8. The number of amides is 1. The molecule has 0 aromatic heterocycles. The Bertz CT molecular complexity index is 920. The van der Waals surface area contributed by atoms with Gasteiger partial charge >= 0.3 is 0 Å². The Kier molecular flexibility index (Phi) is 6.33. The maximum Gasteiger partial charge on any atom is 0.244 e. The number of halogens is 3. The average Bonchev–Trinajstić information content (AvgIpc) is 2.56. The van der Waals surface area contributed by atoms with E-state index in [0.717, 1.165) is 18.2 Å². The van der Waals surface area contributed by atoms with Crippen LogP contribution in [-0.4, -0.2) is 20.4 Å². The SMILES string of the molecule is CC(C)C(NS(=O)(=O)c1ccccc1F)C(=O)Nc1ccc(F)c(Cl)c1. The molecule has 2 rings (SSSR count). The topological polar surface area (TPSA) is 75.3 Å². The summed E-state index contributed by atoms with van der Waals surface area (Å²) in [5.41, 5.74) is 0.206. The molecule has 2 N–H and O–H groups in total. The normalized spacial score (nSPS) is 12.8. The van der Waals surface area contributed by atoms with Crippen LogP contribution in [0.1, 0.15) is 13.8 Å². The van der Waals surface area contributed by atoms with Gasteiger partial charge in [-0.3, -0.25) is 4.79 Å². The Morgan fingerprint density at radius 2 is 1.73 bits per heavy atom. The number of carbonyl (C=O) groups is 1. The summed E-state index contributed by atoms with van der Waals surface area (Å²) in [6.45, 7) is 3.26. The monoisotopic (exact) mass is 402 g/mol. The van der Waals surface area contributed by atoms with Gasteiger partial charge in [-0.1, -0.05) is 37.6 Å². The Balaban J connectivity index is 2.24. The van der Waals surface area contributed by atoms with E-state index in [-0.39, 0.29) is 10.7 Å². The van der Waals surface area contributed by atoms with Gasteiger partial charge in [-0.25, -0.2) is 17.2 Å². The van der Waals surface area contributed by atoms with Crippen molar-refractivity contribution >= 4 is 33.2 Å². The highest BCUT2D eigenvalue weighted by atomic mass is 35.5. The first-order valence-electron chi connectivity index (χ1n) is 7.64. The molecule has 0 saturated carbocycles. The van der Waals surface area contributed by atoms with Crippen LogP contribution >= 0.6 is 11.6 Å². The summed E-state index contributed by atoms with van der Waals surface area (Å²) in [6, 6.07) is 7.25. The predicted molar refractivity (Wildman–Crippen MR) is 95.4 cm³/mol. The summed E-state index contributed by atoms with van der Waals surface area (Å²) in [6.07, 6.45) is 0. The minimum Gasteiger partial charge on any atom is -0.325 e. The van der Waals surface area contributed by atoms with Crippen molar-refractivity contribution in [1.82, 2.24) is 4.72 Å². The highest BCUT2D eigenvalue weighted by Crippen LogP contribution is 2.21. The van der Waals surface area contributed by atoms with Crippen molar-refractivity contribution < 1.29 is 22.0 Å². The van der Waals surface area contributed by atoms with Crippen LogP contribution in [0.15, 0.2) is 47.4 Å². The van der Waals surface area contributed by atoms with Gasteiger partial charge in [-0.15, -0.1) is 0 Å². The second-order valence-electron chi connectivity index (χ2n) is 5.89. The highest BCUT2D eigenvalue weighted by Gasteiger charge is 2.30. The van der Waals surface area contributed by atoms with Crippen LogP contribution in [0, 0.1) is 17.6 Å². The number of hydrogen-bond donors (Lipinski definition) is 2. The van der Waals surface area contributed by atoms with E-state index < -0.39 is 44.4 Å². The lowest BCUT2D eigenvalue weighted by atomic mass is 10.0. The van der Waals surface area contributed by atoms with Gasteiger partial charge < -0.3 is 5.32 Å². The van der Waals surface area contributed by atoms with Crippen LogP contribution in [-0.2, 0) is 14.8 Å². The van der Waals surface area contributed by atoms with Gasteiger partial charge in [0, 0.05) is 5.69 Å². The van der Waals surface area contributed by atoms with Crippen molar-refractivity contribution in [1.29, 1.82) is 0 Å². The van der Waals surface area contributed by atoms with Crippen molar-refractivity contribution in [2.75, 3.05) is 5.32 Å². The van der Waals surface area contributed by atoms with Crippen LogP contribution in [0.5, 0.6) is 0 Å². The summed E-state index contributed by atoms with van der Waals surface area (Å²) in [5.74, 6) is -2.69. The number of benzene rings is 2. The molecule has 0 spiro atoms. The summed E-state index contributed by atoms with van der Waals surface area (Å²) < 4.78 is 54.0. The van der Waals surface area contributed by atoms with Gasteiger partial charge in [0.25, 0.3) is 0 Å². The second kappa shape index (κ2) is 8.11. The van der Waals surface area contributed by atoms with Crippen molar-refractivity contribution in [3.8, 4) is 0 Å². The smallest absolute Gasteiger partial charge is 0.244 e. The zero-order valence-electron chi connectivity index (χ0n) is 14.0. The van der Waals surface area contributed by atoms with Crippen molar-refractivity contribution in [2.24, 2.45) is 5.92 Å². The molecule has 0 heterocycles. The lowest BCUT2D eigenvalue weighted by Crippen LogP contribution is -2.47. The molecule has 0 saturated heterocycles. The third-order valence-electron chi connectivity index (χ3n) is 3.54. The summed E-state index contributed by atoms with van der Waals surface area (Å²) in [7, 11) is -4.26. The van der Waals surface area contributed by atoms with Crippen LogP contribution < -0.4 is 10.0 Å². The summed E-state index contributed by atoms with van der Waals surface area (Å²) in [4.78, 5) is 11.9. The summed E-state index contributed by atoms with van der Waals surface area (Å²) >= 11 is 5.66. The first-order chi connectivity index (χ1) is 12.1. The maximum absolute atomic E-state index is 13.8. The number of nitrogens with one attached hydrogen (secondary N) is 2.